The quantitative estimate of drug-likeness (QED) is 0.801. The molecule has 2 rings (SSSR count). The van der Waals surface area contributed by atoms with E-state index in [1.807, 2.05) is 12.1 Å². The van der Waals surface area contributed by atoms with Crippen LogP contribution in [0.2, 0.25) is 0 Å². The lowest BCUT2D eigenvalue weighted by Crippen LogP contribution is -2.35. The van der Waals surface area contributed by atoms with Gasteiger partial charge in [0.15, 0.2) is 0 Å². The number of hydrogen-bond donors (Lipinski definition) is 1. The van der Waals surface area contributed by atoms with Crippen LogP contribution < -0.4 is 10.1 Å². The standard InChI is InChI=1S/C13H19NO/c1-10-3-4-12(9-14-10)11-5-7-13(15-2)8-6-11/h5-8,10,12,14H,3-4,9H2,1-2H3. The van der Waals surface area contributed by atoms with Gasteiger partial charge in [-0.2, -0.15) is 0 Å². The van der Waals surface area contributed by atoms with Crippen LogP contribution in [-0.2, 0) is 0 Å². The topological polar surface area (TPSA) is 21.3 Å². The molecule has 2 heteroatoms. The second-order valence-electron chi connectivity index (χ2n) is 4.36. The van der Waals surface area contributed by atoms with E-state index >= 15 is 0 Å². The number of methoxy groups -OCH3 is 1. The molecule has 0 saturated carbocycles. The number of rotatable bonds is 2. The van der Waals surface area contributed by atoms with Gasteiger partial charge < -0.3 is 10.1 Å². The molecule has 82 valence electrons. The molecule has 0 amide bonds. The van der Waals surface area contributed by atoms with Crippen molar-refractivity contribution >= 4 is 0 Å². The fourth-order valence-corrected chi connectivity index (χ4v) is 2.16. The van der Waals surface area contributed by atoms with Gasteiger partial charge in [0, 0.05) is 12.6 Å². The van der Waals surface area contributed by atoms with E-state index < -0.39 is 0 Å². The van der Waals surface area contributed by atoms with Crippen molar-refractivity contribution < 1.29 is 4.74 Å². The Balaban J connectivity index is 2.03. The number of nitrogens with one attached hydrogen (secondary N) is 1. The van der Waals surface area contributed by atoms with Crippen LogP contribution in [0.25, 0.3) is 0 Å². The van der Waals surface area contributed by atoms with Crippen molar-refractivity contribution in [1.82, 2.24) is 5.32 Å². The molecule has 0 bridgehead atoms. The summed E-state index contributed by atoms with van der Waals surface area (Å²) in [6, 6.07) is 9.14. The summed E-state index contributed by atoms with van der Waals surface area (Å²) in [5.41, 5.74) is 1.43. The van der Waals surface area contributed by atoms with Crippen LogP contribution in [0.4, 0.5) is 0 Å². The largest absolute Gasteiger partial charge is 0.497 e. The first-order chi connectivity index (χ1) is 7.29. The van der Waals surface area contributed by atoms with Crippen molar-refractivity contribution in [2.45, 2.75) is 31.7 Å². The normalized spacial score (nSPS) is 26.3. The van der Waals surface area contributed by atoms with Gasteiger partial charge in [-0.3, -0.25) is 0 Å². The maximum absolute atomic E-state index is 5.16. The molecule has 0 aliphatic carbocycles. The summed E-state index contributed by atoms with van der Waals surface area (Å²) in [5.74, 6) is 1.61. The molecular weight excluding hydrogens is 186 g/mol. The Labute approximate surface area is 91.6 Å². The van der Waals surface area contributed by atoms with Crippen LogP contribution in [0.3, 0.4) is 0 Å². The fraction of sp³-hybridized carbons (Fsp3) is 0.538. The minimum atomic E-state index is 0.673. The van der Waals surface area contributed by atoms with E-state index in [9.17, 15) is 0 Å². The maximum atomic E-state index is 5.16. The predicted molar refractivity (Wildman–Crippen MR) is 62.4 cm³/mol. The summed E-state index contributed by atoms with van der Waals surface area (Å²) < 4.78 is 5.16. The van der Waals surface area contributed by atoms with E-state index in [1.54, 1.807) is 7.11 Å². The highest BCUT2D eigenvalue weighted by atomic mass is 16.5. The van der Waals surface area contributed by atoms with Gasteiger partial charge in [-0.25, -0.2) is 0 Å². The third-order valence-electron chi connectivity index (χ3n) is 3.25. The van der Waals surface area contributed by atoms with Gasteiger partial charge in [0.05, 0.1) is 7.11 Å². The average Bonchev–Trinajstić information content (AvgIpc) is 2.30. The van der Waals surface area contributed by atoms with Crippen molar-refractivity contribution in [1.29, 1.82) is 0 Å². The smallest absolute Gasteiger partial charge is 0.118 e. The minimum absolute atomic E-state index is 0.673. The molecule has 1 fully saturated rings. The second kappa shape index (κ2) is 4.67. The molecule has 1 aliphatic rings. The van der Waals surface area contributed by atoms with Crippen molar-refractivity contribution in [2.75, 3.05) is 13.7 Å². The van der Waals surface area contributed by atoms with Crippen LogP contribution >= 0.6 is 0 Å². The van der Waals surface area contributed by atoms with E-state index in [1.165, 1.54) is 18.4 Å². The highest BCUT2D eigenvalue weighted by Gasteiger charge is 2.18. The number of piperidine rings is 1. The lowest BCUT2D eigenvalue weighted by molar-refractivity contribution is 0.384. The maximum Gasteiger partial charge on any atom is 0.118 e. The first-order valence-electron chi connectivity index (χ1n) is 5.67. The molecule has 1 heterocycles. The predicted octanol–water partition coefficient (Wildman–Crippen LogP) is 2.55. The summed E-state index contributed by atoms with van der Waals surface area (Å²) in [4.78, 5) is 0. The lowest BCUT2D eigenvalue weighted by atomic mass is 9.89. The average molecular weight is 205 g/mol. The van der Waals surface area contributed by atoms with Crippen molar-refractivity contribution in [3.05, 3.63) is 29.8 Å². The summed E-state index contributed by atoms with van der Waals surface area (Å²) in [6.45, 7) is 3.36. The third-order valence-corrected chi connectivity index (χ3v) is 3.25. The zero-order valence-electron chi connectivity index (χ0n) is 9.49. The molecule has 2 nitrogen and oxygen atoms in total. The van der Waals surface area contributed by atoms with Gasteiger partial charge in [-0.05, 0) is 43.4 Å². The van der Waals surface area contributed by atoms with Crippen molar-refractivity contribution in [3.8, 4) is 5.75 Å². The van der Waals surface area contributed by atoms with E-state index in [-0.39, 0.29) is 0 Å². The Morgan fingerprint density at radius 1 is 1.20 bits per heavy atom. The highest BCUT2D eigenvalue weighted by Crippen LogP contribution is 2.26. The highest BCUT2D eigenvalue weighted by molar-refractivity contribution is 5.29. The van der Waals surface area contributed by atoms with Crippen LogP contribution in [-0.4, -0.2) is 19.7 Å². The molecule has 15 heavy (non-hydrogen) atoms. The Kier molecular flexibility index (Phi) is 3.27. The zero-order chi connectivity index (χ0) is 10.7. The minimum Gasteiger partial charge on any atom is -0.497 e. The molecule has 0 radical (unpaired) electrons. The van der Waals surface area contributed by atoms with Crippen LogP contribution in [0.1, 0.15) is 31.2 Å². The first-order valence-corrected chi connectivity index (χ1v) is 5.67. The van der Waals surface area contributed by atoms with E-state index in [2.05, 4.69) is 24.4 Å². The molecular formula is C13H19NO. The van der Waals surface area contributed by atoms with Gasteiger partial charge in [0.25, 0.3) is 0 Å². The molecule has 0 spiro atoms. The molecule has 1 aromatic carbocycles. The van der Waals surface area contributed by atoms with Gasteiger partial charge in [0.2, 0.25) is 0 Å². The zero-order valence-corrected chi connectivity index (χ0v) is 9.49. The van der Waals surface area contributed by atoms with Crippen molar-refractivity contribution in [3.63, 3.8) is 0 Å². The first kappa shape index (κ1) is 10.5. The fourth-order valence-electron chi connectivity index (χ4n) is 2.16. The summed E-state index contributed by atoms with van der Waals surface area (Å²) >= 11 is 0. The van der Waals surface area contributed by atoms with E-state index in [4.69, 9.17) is 4.74 Å². The molecule has 2 unspecified atom stereocenters. The van der Waals surface area contributed by atoms with E-state index in [0.29, 0.717) is 12.0 Å². The molecule has 2 atom stereocenters. The van der Waals surface area contributed by atoms with Crippen molar-refractivity contribution in [2.24, 2.45) is 0 Å². The van der Waals surface area contributed by atoms with Crippen LogP contribution in [0.5, 0.6) is 5.75 Å². The van der Waals surface area contributed by atoms with Crippen LogP contribution in [0, 0.1) is 0 Å². The molecule has 0 aromatic heterocycles. The Morgan fingerprint density at radius 2 is 1.93 bits per heavy atom. The van der Waals surface area contributed by atoms with Gasteiger partial charge in [-0.15, -0.1) is 0 Å². The lowest BCUT2D eigenvalue weighted by Gasteiger charge is -2.27. The van der Waals surface area contributed by atoms with Gasteiger partial charge in [-0.1, -0.05) is 12.1 Å². The van der Waals surface area contributed by atoms with Gasteiger partial charge in [0.1, 0.15) is 5.75 Å². The molecule has 1 aromatic rings. The number of ether oxygens (including phenoxy) is 1. The van der Waals surface area contributed by atoms with E-state index in [0.717, 1.165) is 12.3 Å². The summed E-state index contributed by atoms with van der Waals surface area (Å²) in [5, 5.41) is 3.53. The van der Waals surface area contributed by atoms with Gasteiger partial charge >= 0.3 is 0 Å². The molecule has 1 aliphatic heterocycles. The summed E-state index contributed by atoms with van der Waals surface area (Å²) in [6.07, 6.45) is 2.57. The Morgan fingerprint density at radius 3 is 2.47 bits per heavy atom. The molecule has 1 N–H and O–H groups in total. The third kappa shape index (κ3) is 2.51. The monoisotopic (exact) mass is 205 g/mol. The van der Waals surface area contributed by atoms with Crippen LogP contribution in [0.15, 0.2) is 24.3 Å². The summed E-state index contributed by atoms with van der Waals surface area (Å²) in [7, 11) is 1.71. The Bertz CT molecular complexity index is 299. The number of hydrogen-bond acceptors (Lipinski definition) is 2. The Hall–Kier alpha value is -1.02. The number of benzene rings is 1. The second-order valence-corrected chi connectivity index (χ2v) is 4.36. The molecule has 1 saturated heterocycles. The SMILES string of the molecule is COc1ccc(C2CCC(C)NC2)cc1.